The average Bonchev–Trinajstić information content (AvgIpc) is 3.18. The van der Waals surface area contributed by atoms with E-state index in [1.54, 1.807) is 10.9 Å². The Morgan fingerprint density at radius 1 is 1.16 bits per heavy atom. The van der Waals surface area contributed by atoms with Gasteiger partial charge < -0.3 is 13.9 Å². The lowest BCUT2D eigenvalue weighted by Crippen LogP contribution is -1.98. The summed E-state index contributed by atoms with van der Waals surface area (Å²) in [5.41, 5.74) is 1.60. The highest BCUT2D eigenvalue weighted by Crippen LogP contribution is 2.40. The predicted molar refractivity (Wildman–Crippen MR) is 63.0 cm³/mol. The maximum absolute atomic E-state index is 5.44. The molecule has 0 N–H and O–H groups in total. The van der Waals surface area contributed by atoms with E-state index >= 15 is 0 Å². The smallest absolute Gasteiger partial charge is 0.231 e. The van der Waals surface area contributed by atoms with Gasteiger partial charge in [-0.3, -0.25) is 0 Å². The topological polar surface area (TPSA) is 75.2 Å². The van der Waals surface area contributed by atoms with Crippen molar-refractivity contribution in [3.8, 4) is 28.5 Å². The molecule has 1 aromatic carbocycles. The Hall–Kier alpha value is -2.83. The van der Waals surface area contributed by atoms with E-state index < -0.39 is 0 Å². The van der Waals surface area contributed by atoms with Gasteiger partial charge in [-0.2, -0.15) is 4.68 Å². The molecule has 0 amide bonds. The molecule has 0 radical (unpaired) electrons. The maximum Gasteiger partial charge on any atom is 0.231 e. The molecule has 0 spiro atoms. The standard InChI is InChI=1S/C12H8N4O3/c1-2-10(17-3-1)8-4-11-12(19-7-18-11)5-9(8)16-6-13-14-15-16/h1-6H,7H2. The van der Waals surface area contributed by atoms with Crippen LogP contribution in [-0.4, -0.2) is 27.0 Å². The van der Waals surface area contributed by atoms with Crippen molar-refractivity contribution in [2.24, 2.45) is 0 Å². The van der Waals surface area contributed by atoms with Crippen molar-refractivity contribution in [3.63, 3.8) is 0 Å². The number of hydrogen-bond donors (Lipinski definition) is 0. The lowest BCUT2D eigenvalue weighted by molar-refractivity contribution is 0.174. The van der Waals surface area contributed by atoms with E-state index in [0.29, 0.717) is 17.3 Å². The SMILES string of the molecule is c1coc(-c2cc3c(cc2-n2cnnn2)OCO3)c1. The minimum Gasteiger partial charge on any atom is -0.464 e. The molecule has 1 aliphatic rings. The van der Waals surface area contributed by atoms with Gasteiger partial charge in [0.05, 0.1) is 12.0 Å². The van der Waals surface area contributed by atoms with E-state index in [-0.39, 0.29) is 6.79 Å². The number of aromatic nitrogens is 4. The van der Waals surface area contributed by atoms with Gasteiger partial charge in [-0.05, 0) is 28.6 Å². The molecule has 94 valence electrons. The van der Waals surface area contributed by atoms with Crippen LogP contribution in [0.4, 0.5) is 0 Å². The highest BCUT2D eigenvalue weighted by molar-refractivity contribution is 5.73. The molecule has 0 saturated carbocycles. The van der Waals surface area contributed by atoms with Crippen LogP contribution in [0.3, 0.4) is 0 Å². The van der Waals surface area contributed by atoms with Crippen LogP contribution in [0.25, 0.3) is 17.0 Å². The van der Waals surface area contributed by atoms with Gasteiger partial charge in [-0.15, -0.1) is 5.10 Å². The van der Waals surface area contributed by atoms with Crippen molar-refractivity contribution in [3.05, 3.63) is 36.9 Å². The second-order valence-corrected chi connectivity index (χ2v) is 3.95. The number of ether oxygens (including phenoxy) is 2. The summed E-state index contributed by atoms with van der Waals surface area (Å²) in [5.74, 6) is 2.06. The van der Waals surface area contributed by atoms with E-state index in [9.17, 15) is 0 Å². The van der Waals surface area contributed by atoms with Crippen LogP contribution in [0.15, 0.2) is 41.3 Å². The molecule has 1 aliphatic heterocycles. The summed E-state index contributed by atoms with van der Waals surface area (Å²) in [7, 11) is 0. The van der Waals surface area contributed by atoms with Gasteiger partial charge in [-0.25, -0.2) is 0 Å². The molecule has 0 atom stereocenters. The Bertz CT molecular complexity index is 646. The molecule has 3 heterocycles. The number of rotatable bonds is 2. The van der Waals surface area contributed by atoms with Crippen molar-refractivity contribution in [2.75, 3.05) is 6.79 Å². The number of tetrazole rings is 1. The highest BCUT2D eigenvalue weighted by Gasteiger charge is 2.20. The molecule has 7 nitrogen and oxygen atoms in total. The minimum atomic E-state index is 0.214. The summed E-state index contributed by atoms with van der Waals surface area (Å²) in [6.45, 7) is 0.214. The molecule has 4 rings (SSSR count). The number of benzene rings is 1. The number of hydrogen-bond acceptors (Lipinski definition) is 6. The first kappa shape index (κ1) is 10.1. The van der Waals surface area contributed by atoms with Crippen LogP contribution in [0.5, 0.6) is 11.5 Å². The van der Waals surface area contributed by atoms with E-state index in [1.807, 2.05) is 24.3 Å². The van der Waals surface area contributed by atoms with Crippen LogP contribution in [0, 0.1) is 0 Å². The van der Waals surface area contributed by atoms with Crippen molar-refractivity contribution in [2.45, 2.75) is 0 Å². The molecule has 19 heavy (non-hydrogen) atoms. The van der Waals surface area contributed by atoms with Gasteiger partial charge in [0.15, 0.2) is 11.5 Å². The third-order valence-electron chi connectivity index (χ3n) is 2.87. The van der Waals surface area contributed by atoms with Crippen LogP contribution in [0.1, 0.15) is 0 Å². The summed E-state index contributed by atoms with van der Waals surface area (Å²) >= 11 is 0. The fourth-order valence-electron chi connectivity index (χ4n) is 2.02. The summed E-state index contributed by atoms with van der Waals surface area (Å²) in [4.78, 5) is 0. The fourth-order valence-corrected chi connectivity index (χ4v) is 2.02. The third-order valence-corrected chi connectivity index (χ3v) is 2.87. The van der Waals surface area contributed by atoms with Crippen LogP contribution in [0.2, 0.25) is 0 Å². The molecule has 0 aliphatic carbocycles. The summed E-state index contributed by atoms with van der Waals surface area (Å²) in [6.07, 6.45) is 3.13. The van der Waals surface area contributed by atoms with Gasteiger partial charge in [0, 0.05) is 11.6 Å². The highest BCUT2D eigenvalue weighted by atomic mass is 16.7. The molecule has 2 aromatic heterocycles. The Morgan fingerprint density at radius 3 is 2.79 bits per heavy atom. The minimum absolute atomic E-state index is 0.214. The summed E-state index contributed by atoms with van der Waals surface area (Å²) in [6, 6.07) is 7.38. The molecular weight excluding hydrogens is 248 g/mol. The first-order valence-electron chi connectivity index (χ1n) is 5.63. The van der Waals surface area contributed by atoms with E-state index in [4.69, 9.17) is 13.9 Å². The van der Waals surface area contributed by atoms with Gasteiger partial charge in [0.1, 0.15) is 12.1 Å². The molecule has 0 saturated heterocycles. The van der Waals surface area contributed by atoms with Crippen molar-refractivity contribution >= 4 is 0 Å². The molecule has 0 unspecified atom stereocenters. The normalized spacial score (nSPS) is 12.8. The van der Waals surface area contributed by atoms with Crippen LogP contribution in [-0.2, 0) is 0 Å². The Balaban J connectivity index is 1.97. The Labute approximate surface area is 107 Å². The first-order chi connectivity index (χ1) is 9.42. The number of nitrogens with zero attached hydrogens (tertiary/aromatic N) is 4. The Kier molecular flexibility index (Phi) is 2.05. The summed E-state index contributed by atoms with van der Waals surface area (Å²) in [5, 5.41) is 11.2. The van der Waals surface area contributed by atoms with Gasteiger partial charge in [0.2, 0.25) is 6.79 Å². The second-order valence-electron chi connectivity index (χ2n) is 3.95. The molecule has 3 aromatic rings. The first-order valence-corrected chi connectivity index (χ1v) is 5.63. The quantitative estimate of drug-likeness (QED) is 0.694. The largest absolute Gasteiger partial charge is 0.464 e. The Morgan fingerprint density at radius 2 is 2.05 bits per heavy atom. The number of furan rings is 1. The average molecular weight is 256 g/mol. The molecular formula is C12H8N4O3. The van der Waals surface area contributed by atoms with Crippen molar-refractivity contribution < 1.29 is 13.9 Å². The third kappa shape index (κ3) is 1.55. The summed E-state index contributed by atoms with van der Waals surface area (Å²) < 4.78 is 17.8. The van der Waals surface area contributed by atoms with E-state index in [1.165, 1.54) is 6.33 Å². The lowest BCUT2D eigenvalue weighted by Gasteiger charge is -2.07. The molecule has 0 fully saturated rings. The molecule has 0 bridgehead atoms. The lowest BCUT2D eigenvalue weighted by atomic mass is 10.1. The zero-order valence-corrected chi connectivity index (χ0v) is 9.68. The number of fused-ring (bicyclic) bond motifs is 1. The zero-order valence-electron chi connectivity index (χ0n) is 9.68. The second kappa shape index (κ2) is 3.84. The van der Waals surface area contributed by atoms with Crippen LogP contribution >= 0.6 is 0 Å². The fraction of sp³-hybridized carbons (Fsp3) is 0.0833. The van der Waals surface area contributed by atoms with Gasteiger partial charge in [-0.1, -0.05) is 0 Å². The van der Waals surface area contributed by atoms with Crippen LogP contribution < -0.4 is 9.47 Å². The maximum atomic E-state index is 5.44. The van der Waals surface area contributed by atoms with E-state index in [0.717, 1.165) is 11.3 Å². The van der Waals surface area contributed by atoms with E-state index in [2.05, 4.69) is 15.5 Å². The zero-order chi connectivity index (χ0) is 12.7. The predicted octanol–water partition coefficient (Wildman–Crippen LogP) is 1.65. The van der Waals surface area contributed by atoms with Crippen molar-refractivity contribution in [1.82, 2.24) is 20.2 Å². The van der Waals surface area contributed by atoms with Gasteiger partial charge in [0.25, 0.3) is 0 Å². The molecule has 7 heteroatoms. The monoisotopic (exact) mass is 256 g/mol. The van der Waals surface area contributed by atoms with Gasteiger partial charge >= 0.3 is 0 Å². The van der Waals surface area contributed by atoms with Crippen molar-refractivity contribution in [1.29, 1.82) is 0 Å².